The fraction of sp³-hybridized carbons (Fsp3) is 0.882. The molecule has 2 nitrogen and oxygen atoms in total. The van der Waals surface area contributed by atoms with Crippen molar-refractivity contribution in [1.29, 1.82) is 0 Å². The fourth-order valence-electron chi connectivity index (χ4n) is 1.28. The Morgan fingerprint density at radius 3 is 1.68 bits per heavy atom. The Kier molecular flexibility index (Phi) is 8.58. The molecule has 0 fully saturated rings. The van der Waals surface area contributed by atoms with Gasteiger partial charge in [-0.1, -0.05) is 47.6 Å². The van der Waals surface area contributed by atoms with Crippen molar-refractivity contribution in [2.45, 2.75) is 84.2 Å². The first-order valence-corrected chi connectivity index (χ1v) is 15.1. The Labute approximate surface area is 154 Å². The Morgan fingerprint density at radius 1 is 0.864 bits per heavy atom. The van der Waals surface area contributed by atoms with E-state index in [1.54, 1.807) is 0 Å². The summed E-state index contributed by atoms with van der Waals surface area (Å²) in [6, 6.07) is 0. The smallest absolute Gasteiger partial charge is 0.192 e. The van der Waals surface area contributed by atoms with Crippen molar-refractivity contribution in [3.05, 3.63) is 9.66 Å². The van der Waals surface area contributed by atoms with Gasteiger partial charge in [0.15, 0.2) is 16.6 Å². The molecule has 0 saturated carbocycles. The Hall–Kier alpha value is 0.824. The van der Waals surface area contributed by atoms with Gasteiger partial charge >= 0.3 is 0 Å². The van der Waals surface area contributed by atoms with Gasteiger partial charge in [-0.05, 0) is 62.4 Å². The summed E-state index contributed by atoms with van der Waals surface area (Å²) in [5, 5.41) is 0.561. The molecule has 0 bridgehead atoms. The molecule has 0 aromatic carbocycles. The monoisotopic (exact) mass is 456 g/mol. The zero-order chi connectivity index (χ0) is 17.8. The van der Waals surface area contributed by atoms with Crippen molar-refractivity contribution in [2.24, 2.45) is 0 Å². The van der Waals surface area contributed by atoms with E-state index in [9.17, 15) is 0 Å². The Morgan fingerprint density at radius 2 is 1.27 bits per heavy atom. The summed E-state index contributed by atoms with van der Waals surface area (Å²) in [7, 11) is -3.24. The number of hydrogen-bond acceptors (Lipinski definition) is 2. The van der Waals surface area contributed by atoms with E-state index >= 15 is 0 Å². The molecule has 0 N–H and O–H groups in total. The average Bonchev–Trinajstić information content (AvgIpc) is 2.25. The normalized spacial score (nSPS) is 15.3. The first-order valence-electron chi connectivity index (χ1n) is 8.23. The highest BCUT2D eigenvalue weighted by Gasteiger charge is 2.37. The zero-order valence-electron chi connectivity index (χ0n) is 16.4. The summed E-state index contributed by atoms with van der Waals surface area (Å²) >= 11 is 2.42. The van der Waals surface area contributed by atoms with Crippen LogP contribution in [0.15, 0.2) is 9.66 Å². The van der Waals surface area contributed by atoms with Crippen molar-refractivity contribution >= 4 is 39.2 Å². The number of rotatable bonds is 7. The van der Waals surface area contributed by atoms with Crippen molar-refractivity contribution in [3.8, 4) is 0 Å². The third-order valence-corrected chi connectivity index (χ3v) is 15.2. The lowest BCUT2D eigenvalue weighted by molar-refractivity contribution is 0.293. The maximum absolute atomic E-state index is 6.23. The van der Waals surface area contributed by atoms with Crippen LogP contribution >= 0.6 is 22.6 Å². The van der Waals surface area contributed by atoms with Gasteiger partial charge in [-0.3, -0.25) is 0 Å². The molecule has 132 valence electrons. The Bertz CT molecular complexity index is 377. The van der Waals surface area contributed by atoms with Crippen LogP contribution in [0, 0.1) is 0 Å². The van der Waals surface area contributed by atoms with E-state index in [0.717, 1.165) is 19.6 Å². The van der Waals surface area contributed by atoms with Gasteiger partial charge in [0.05, 0.1) is 6.61 Å². The van der Waals surface area contributed by atoms with Crippen LogP contribution in [0.25, 0.3) is 0 Å². The van der Waals surface area contributed by atoms with Crippen LogP contribution in [0.4, 0.5) is 0 Å². The maximum atomic E-state index is 6.23. The van der Waals surface area contributed by atoms with E-state index in [-0.39, 0.29) is 10.1 Å². The summed E-state index contributed by atoms with van der Waals surface area (Å²) in [6.45, 7) is 24.5. The predicted octanol–water partition coefficient (Wildman–Crippen LogP) is 6.74. The van der Waals surface area contributed by atoms with Gasteiger partial charge in [-0.15, -0.1) is 0 Å². The predicted molar refractivity (Wildman–Crippen MR) is 113 cm³/mol. The zero-order valence-corrected chi connectivity index (χ0v) is 20.6. The molecule has 0 aliphatic heterocycles. The molecule has 0 saturated heterocycles. The van der Waals surface area contributed by atoms with Crippen molar-refractivity contribution in [1.82, 2.24) is 0 Å². The summed E-state index contributed by atoms with van der Waals surface area (Å²) in [5.41, 5.74) is 0. The van der Waals surface area contributed by atoms with Crippen LogP contribution in [0.5, 0.6) is 0 Å². The second-order valence-corrected chi connectivity index (χ2v) is 20.1. The van der Waals surface area contributed by atoms with E-state index in [2.05, 4.69) is 96.4 Å². The van der Waals surface area contributed by atoms with E-state index in [0.29, 0.717) is 0 Å². The summed E-state index contributed by atoms with van der Waals surface area (Å²) in [4.78, 5) is 0. The minimum absolute atomic E-state index is 0.276. The van der Waals surface area contributed by atoms with Crippen LogP contribution in [0.2, 0.25) is 36.3 Å². The van der Waals surface area contributed by atoms with Gasteiger partial charge in [0, 0.05) is 13.0 Å². The van der Waals surface area contributed by atoms with Crippen LogP contribution in [-0.4, -0.2) is 29.8 Å². The Balaban J connectivity index is 4.28. The molecular weight excluding hydrogens is 419 g/mol. The van der Waals surface area contributed by atoms with E-state index < -0.39 is 16.6 Å². The second-order valence-electron chi connectivity index (χ2n) is 9.08. The van der Waals surface area contributed by atoms with Gasteiger partial charge < -0.3 is 8.85 Å². The third kappa shape index (κ3) is 7.60. The second kappa shape index (κ2) is 8.27. The van der Waals surface area contributed by atoms with Crippen molar-refractivity contribution in [2.75, 3.05) is 13.2 Å². The van der Waals surface area contributed by atoms with Gasteiger partial charge in [0.2, 0.25) is 0 Å². The lowest BCUT2D eigenvalue weighted by Gasteiger charge is -2.36. The summed E-state index contributed by atoms with van der Waals surface area (Å²) in [5.74, 6) is 0. The number of halogens is 1. The largest absolute Gasteiger partial charge is 0.416 e. The first-order chi connectivity index (χ1) is 9.60. The number of hydrogen-bond donors (Lipinski definition) is 0. The molecule has 5 heteroatoms. The maximum Gasteiger partial charge on any atom is 0.192 e. The minimum Gasteiger partial charge on any atom is -0.416 e. The topological polar surface area (TPSA) is 18.5 Å². The highest BCUT2D eigenvalue weighted by Crippen LogP contribution is 2.37. The molecule has 0 rings (SSSR count). The van der Waals surface area contributed by atoms with Gasteiger partial charge in [-0.2, -0.15) is 0 Å². The SMILES string of the molecule is CC(C)(C)[Si](C)(C)OC/C=C(/I)CCO[Si](C)(C)C(C)(C)C. The first kappa shape index (κ1) is 22.8. The molecule has 0 aromatic rings. The molecule has 0 spiro atoms. The average molecular weight is 457 g/mol. The fourth-order valence-corrected chi connectivity index (χ4v) is 3.66. The molecule has 0 aliphatic carbocycles. The molecule has 0 radical (unpaired) electrons. The molecule has 0 unspecified atom stereocenters. The van der Waals surface area contributed by atoms with Crippen LogP contribution in [0.3, 0.4) is 0 Å². The lowest BCUT2D eigenvalue weighted by atomic mass is 10.2. The highest BCUT2D eigenvalue weighted by molar-refractivity contribution is 14.1. The minimum atomic E-state index is -1.63. The molecule has 0 amide bonds. The molecule has 0 aliphatic rings. The van der Waals surface area contributed by atoms with Crippen LogP contribution in [-0.2, 0) is 8.85 Å². The van der Waals surface area contributed by atoms with E-state index in [1.807, 2.05) is 0 Å². The van der Waals surface area contributed by atoms with Gasteiger partial charge in [0.1, 0.15) is 0 Å². The van der Waals surface area contributed by atoms with E-state index in [4.69, 9.17) is 8.85 Å². The van der Waals surface area contributed by atoms with Crippen LogP contribution in [0.1, 0.15) is 48.0 Å². The van der Waals surface area contributed by atoms with Gasteiger partial charge in [-0.25, -0.2) is 0 Å². The van der Waals surface area contributed by atoms with Crippen molar-refractivity contribution in [3.63, 3.8) is 0 Å². The van der Waals surface area contributed by atoms with Crippen molar-refractivity contribution < 1.29 is 8.85 Å². The highest BCUT2D eigenvalue weighted by atomic mass is 127. The van der Waals surface area contributed by atoms with Crippen LogP contribution < -0.4 is 0 Å². The lowest BCUT2D eigenvalue weighted by Crippen LogP contribution is -2.41. The quantitative estimate of drug-likeness (QED) is 0.312. The third-order valence-electron chi connectivity index (χ3n) is 5.17. The van der Waals surface area contributed by atoms with E-state index in [1.165, 1.54) is 3.58 Å². The molecule has 0 aromatic heterocycles. The molecule has 0 atom stereocenters. The van der Waals surface area contributed by atoms with Gasteiger partial charge in [0.25, 0.3) is 0 Å². The molecular formula is C17H37IO2Si2. The standard InChI is InChI=1S/C17H37IO2Si2/c1-16(2,3)21(7,8)19-13-11-15(18)12-14-20-22(9,10)17(4,5)6/h11H,12-14H2,1-10H3/b15-11+. The molecule has 0 heterocycles. The summed E-state index contributed by atoms with van der Waals surface area (Å²) < 4.78 is 13.8. The molecule has 22 heavy (non-hydrogen) atoms. The summed E-state index contributed by atoms with van der Waals surface area (Å²) in [6.07, 6.45) is 3.21.